The summed E-state index contributed by atoms with van der Waals surface area (Å²) in [4.78, 5) is 2.65. The summed E-state index contributed by atoms with van der Waals surface area (Å²) in [7, 11) is -3.83. The number of anilines is 1. The van der Waals surface area contributed by atoms with E-state index in [0.29, 0.717) is 13.1 Å². The molecule has 38 heavy (non-hydrogen) atoms. The zero-order valence-corrected chi connectivity index (χ0v) is 22.8. The van der Waals surface area contributed by atoms with Gasteiger partial charge in [-0.1, -0.05) is 77.4 Å². The Balaban J connectivity index is 1.60. The van der Waals surface area contributed by atoms with Gasteiger partial charge in [0, 0.05) is 17.3 Å². The molecule has 2 aliphatic heterocycles. The van der Waals surface area contributed by atoms with E-state index >= 15 is 0 Å². The second kappa shape index (κ2) is 8.93. The Kier molecular flexibility index (Phi) is 5.78. The molecule has 0 saturated heterocycles. The first kappa shape index (κ1) is 24.6. The molecule has 0 radical (unpaired) electrons. The normalized spacial score (nSPS) is 20.4. The topological polar surface area (TPSA) is 52.4 Å². The van der Waals surface area contributed by atoms with Crippen LogP contribution in [0.3, 0.4) is 0 Å². The predicted octanol–water partition coefficient (Wildman–Crippen LogP) is 5.91. The van der Waals surface area contributed by atoms with Gasteiger partial charge in [-0.2, -0.15) is 0 Å². The fourth-order valence-corrected chi connectivity index (χ4v) is 7.38. The average molecular weight is 523 g/mol. The SMILES string of the molecule is C=[N+]1CC2(c3ccccc3)C(NS(=O)(=O)c3ccc(C)cc3)c3cc(C)ccc3N2Cc2cc(C)ccc21. The molecule has 4 aromatic carbocycles. The van der Waals surface area contributed by atoms with Crippen LogP contribution in [0.15, 0.2) is 95.9 Å². The van der Waals surface area contributed by atoms with Crippen LogP contribution in [0.2, 0.25) is 0 Å². The highest BCUT2D eigenvalue weighted by atomic mass is 32.2. The van der Waals surface area contributed by atoms with Crippen LogP contribution >= 0.6 is 0 Å². The third kappa shape index (κ3) is 3.87. The molecule has 2 aliphatic rings. The van der Waals surface area contributed by atoms with Gasteiger partial charge >= 0.3 is 0 Å². The number of fused-ring (bicyclic) bond motifs is 4. The van der Waals surface area contributed by atoms with Gasteiger partial charge in [0.2, 0.25) is 15.7 Å². The minimum atomic E-state index is -3.83. The Morgan fingerprint density at radius 3 is 2.26 bits per heavy atom. The van der Waals surface area contributed by atoms with E-state index in [2.05, 4.69) is 78.7 Å². The lowest BCUT2D eigenvalue weighted by molar-refractivity contribution is -0.443. The van der Waals surface area contributed by atoms with Crippen molar-refractivity contribution in [3.05, 3.63) is 124 Å². The van der Waals surface area contributed by atoms with Gasteiger partial charge in [-0.25, -0.2) is 17.7 Å². The molecule has 192 valence electrons. The van der Waals surface area contributed by atoms with Crippen molar-refractivity contribution < 1.29 is 13.0 Å². The summed E-state index contributed by atoms with van der Waals surface area (Å²) in [5, 5.41) is 0. The molecule has 0 aliphatic carbocycles. The van der Waals surface area contributed by atoms with E-state index < -0.39 is 21.6 Å². The highest BCUT2D eigenvalue weighted by Crippen LogP contribution is 2.55. The summed E-state index contributed by atoms with van der Waals surface area (Å²) in [5.41, 5.74) is 7.86. The lowest BCUT2D eigenvalue weighted by atomic mass is 9.81. The molecule has 0 fully saturated rings. The van der Waals surface area contributed by atoms with E-state index in [1.54, 1.807) is 12.1 Å². The van der Waals surface area contributed by atoms with Crippen molar-refractivity contribution in [1.29, 1.82) is 0 Å². The van der Waals surface area contributed by atoms with Gasteiger partial charge in [0.05, 0.1) is 17.5 Å². The van der Waals surface area contributed by atoms with Crippen molar-refractivity contribution >= 4 is 28.1 Å². The first-order valence-corrected chi connectivity index (χ1v) is 14.4. The van der Waals surface area contributed by atoms with E-state index in [0.717, 1.165) is 33.6 Å². The third-order valence-electron chi connectivity index (χ3n) is 7.96. The van der Waals surface area contributed by atoms with Gasteiger partial charge < -0.3 is 4.90 Å². The Morgan fingerprint density at radius 2 is 1.53 bits per heavy atom. The number of nitrogens with one attached hydrogen (secondary N) is 1. The zero-order valence-electron chi connectivity index (χ0n) is 22.0. The summed E-state index contributed by atoms with van der Waals surface area (Å²) in [6.07, 6.45) is 0. The van der Waals surface area contributed by atoms with E-state index in [1.807, 2.05) is 41.8 Å². The van der Waals surface area contributed by atoms with Crippen LogP contribution in [-0.2, 0) is 22.1 Å². The minimum Gasteiger partial charge on any atom is -0.349 e. The highest BCUT2D eigenvalue weighted by molar-refractivity contribution is 7.89. The highest BCUT2D eigenvalue weighted by Gasteiger charge is 2.58. The number of hydrogen-bond donors (Lipinski definition) is 1. The van der Waals surface area contributed by atoms with Crippen LogP contribution in [0.1, 0.15) is 39.4 Å². The Hall–Kier alpha value is -3.74. The second-order valence-corrected chi connectivity index (χ2v) is 12.4. The maximum atomic E-state index is 13.9. The van der Waals surface area contributed by atoms with Gasteiger partial charge in [0.15, 0.2) is 6.54 Å². The molecule has 0 spiro atoms. The standard InChI is InChI=1S/C32H32N3O2S/c1-22-10-14-27(15-11-22)38(36,37)33-31-28-19-24(3)13-17-30(28)35-20-25-18-23(2)12-16-29(25)34(4)21-32(31,35)26-8-6-5-7-9-26/h5-19,31,33H,4,20-21H2,1-3H3/q+1. The molecule has 0 saturated carbocycles. The molecule has 2 atom stereocenters. The average Bonchev–Trinajstić information content (AvgIpc) is 3.04. The number of benzene rings is 4. The van der Waals surface area contributed by atoms with Crippen LogP contribution < -0.4 is 9.62 Å². The van der Waals surface area contributed by atoms with Crippen molar-refractivity contribution in [2.75, 3.05) is 11.4 Å². The molecule has 0 bridgehead atoms. The summed E-state index contributed by atoms with van der Waals surface area (Å²) in [5.74, 6) is 0. The van der Waals surface area contributed by atoms with Crippen LogP contribution in [-0.4, -0.2) is 26.3 Å². The fourth-order valence-electron chi connectivity index (χ4n) is 6.12. The van der Waals surface area contributed by atoms with Crippen molar-refractivity contribution in [3.63, 3.8) is 0 Å². The smallest absolute Gasteiger partial charge is 0.241 e. The number of hydrogen-bond acceptors (Lipinski definition) is 3. The fraction of sp³-hybridized carbons (Fsp3) is 0.219. The Morgan fingerprint density at radius 1 is 0.868 bits per heavy atom. The maximum Gasteiger partial charge on any atom is 0.241 e. The molecular weight excluding hydrogens is 490 g/mol. The second-order valence-electron chi connectivity index (χ2n) is 10.6. The summed E-state index contributed by atoms with van der Waals surface area (Å²) < 4.78 is 33.0. The predicted molar refractivity (Wildman–Crippen MR) is 153 cm³/mol. The first-order valence-electron chi connectivity index (χ1n) is 12.9. The molecule has 2 unspecified atom stereocenters. The van der Waals surface area contributed by atoms with E-state index in [1.165, 1.54) is 11.1 Å². The molecule has 4 aromatic rings. The molecule has 6 rings (SSSR count). The van der Waals surface area contributed by atoms with E-state index in [9.17, 15) is 8.42 Å². The van der Waals surface area contributed by atoms with E-state index in [4.69, 9.17) is 0 Å². The van der Waals surface area contributed by atoms with Crippen LogP contribution in [0.5, 0.6) is 0 Å². The molecular formula is C32H32N3O2S+. The number of nitrogens with zero attached hydrogens (tertiary/aromatic N) is 2. The minimum absolute atomic E-state index is 0.262. The van der Waals surface area contributed by atoms with Gasteiger partial charge in [-0.3, -0.25) is 0 Å². The van der Waals surface area contributed by atoms with Crippen LogP contribution in [0, 0.1) is 20.8 Å². The van der Waals surface area contributed by atoms with E-state index in [-0.39, 0.29) is 4.90 Å². The van der Waals surface area contributed by atoms with Crippen molar-refractivity contribution in [2.24, 2.45) is 0 Å². The molecule has 0 amide bonds. The van der Waals surface area contributed by atoms with Gasteiger partial charge in [0.1, 0.15) is 12.3 Å². The van der Waals surface area contributed by atoms with Crippen molar-refractivity contribution in [3.8, 4) is 0 Å². The van der Waals surface area contributed by atoms with Crippen LogP contribution in [0.4, 0.5) is 11.4 Å². The van der Waals surface area contributed by atoms with Gasteiger partial charge in [-0.05, 0) is 56.2 Å². The van der Waals surface area contributed by atoms with Gasteiger partial charge in [0.25, 0.3) is 0 Å². The summed E-state index contributed by atoms with van der Waals surface area (Å²) >= 11 is 0. The molecule has 6 heteroatoms. The molecule has 0 aromatic heterocycles. The third-order valence-corrected chi connectivity index (χ3v) is 9.40. The first-order chi connectivity index (χ1) is 18.2. The zero-order chi connectivity index (χ0) is 26.7. The quantitative estimate of drug-likeness (QED) is 0.339. The number of aryl methyl sites for hydroxylation is 3. The van der Waals surface area contributed by atoms with Crippen molar-refractivity contribution in [1.82, 2.24) is 4.72 Å². The molecule has 1 N–H and O–H groups in total. The maximum absolute atomic E-state index is 13.9. The summed E-state index contributed by atoms with van der Waals surface area (Å²) in [6, 6.07) is 29.6. The number of sulfonamides is 1. The molecule has 2 heterocycles. The van der Waals surface area contributed by atoms with Gasteiger partial charge in [-0.15, -0.1) is 0 Å². The molecule has 5 nitrogen and oxygen atoms in total. The Bertz CT molecular complexity index is 1660. The Labute approximate surface area is 225 Å². The summed E-state index contributed by atoms with van der Waals surface area (Å²) in [6.45, 7) is 11.7. The lowest BCUT2D eigenvalue weighted by Crippen LogP contribution is -2.54. The largest absolute Gasteiger partial charge is 0.349 e. The van der Waals surface area contributed by atoms with Crippen molar-refractivity contribution in [2.45, 2.75) is 43.8 Å². The number of rotatable bonds is 4. The lowest BCUT2D eigenvalue weighted by Gasteiger charge is -2.41. The van der Waals surface area contributed by atoms with Crippen LogP contribution in [0.25, 0.3) is 0 Å². The monoisotopic (exact) mass is 522 g/mol.